The van der Waals surface area contributed by atoms with E-state index in [0.29, 0.717) is 10.6 Å². The van der Waals surface area contributed by atoms with Crippen LogP contribution in [0, 0.1) is 0 Å². The van der Waals surface area contributed by atoms with Crippen LogP contribution in [0.4, 0.5) is 14.5 Å². The number of methoxy groups -OCH3 is 1. The quantitative estimate of drug-likeness (QED) is 0.632. The van der Waals surface area contributed by atoms with Crippen LogP contribution in [0.1, 0.15) is 5.56 Å². The molecule has 0 aromatic heterocycles. The summed E-state index contributed by atoms with van der Waals surface area (Å²) in [6.07, 6.45) is 1.53. The number of nitrogens with zero attached hydrogens (tertiary/aromatic N) is 1. The van der Waals surface area contributed by atoms with Gasteiger partial charge in [-0.15, -0.1) is 0 Å². The molecule has 0 saturated heterocycles. The van der Waals surface area contributed by atoms with Gasteiger partial charge in [0.15, 0.2) is 11.5 Å². The van der Waals surface area contributed by atoms with E-state index in [1.165, 1.54) is 19.4 Å². The van der Waals surface area contributed by atoms with Gasteiger partial charge < -0.3 is 9.47 Å². The molecule has 0 spiro atoms. The Morgan fingerprint density at radius 1 is 1.14 bits per heavy atom. The summed E-state index contributed by atoms with van der Waals surface area (Å²) in [5.41, 5.74) is 4.26. The summed E-state index contributed by atoms with van der Waals surface area (Å²) in [4.78, 5) is 0. The topological polar surface area (TPSA) is 42.8 Å². The first-order valence-electron chi connectivity index (χ1n) is 6.26. The molecule has 2 aromatic rings. The van der Waals surface area contributed by atoms with Gasteiger partial charge in [0.2, 0.25) is 0 Å². The zero-order chi connectivity index (χ0) is 15.9. The number of ether oxygens (including phenoxy) is 2. The maximum absolute atomic E-state index is 12.2. The predicted molar refractivity (Wildman–Crippen MR) is 82.3 cm³/mol. The van der Waals surface area contributed by atoms with Gasteiger partial charge in [-0.1, -0.05) is 11.6 Å². The lowest BCUT2D eigenvalue weighted by Crippen LogP contribution is -2.03. The van der Waals surface area contributed by atoms with Crippen LogP contribution in [0.3, 0.4) is 0 Å². The number of rotatable bonds is 6. The first-order chi connectivity index (χ1) is 10.6. The Kier molecular flexibility index (Phi) is 5.55. The van der Waals surface area contributed by atoms with E-state index >= 15 is 0 Å². The molecule has 0 bridgehead atoms. The van der Waals surface area contributed by atoms with Gasteiger partial charge in [0, 0.05) is 5.02 Å². The fourth-order valence-electron chi connectivity index (χ4n) is 1.66. The Bertz CT molecular complexity index is 648. The minimum Gasteiger partial charge on any atom is -0.493 e. The molecule has 0 aliphatic carbocycles. The molecule has 0 atom stereocenters. The molecule has 116 valence electrons. The lowest BCUT2D eigenvalue weighted by molar-refractivity contribution is -0.0512. The Morgan fingerprint density at radius 3 is 2.50 bits per heavy atom. The monoisotopic (exact) mass is 326 g/mol. The molecular weight excluding hydrogens is 314 g/mol. The number of hydrazone groups is 1. The van der Waals surface area contributed by atoms with E-state index in [4.69, 9.17) is 16.3 Å². The maximum Gasteiger partial charge on any atom is 0.387 e. The third kappa shape index (κ3) is 4.60. The molecule has 0 heterocycles. The predicted octanol–water partition coefficient (Wildman–Crippen LogP) is 4.40. The molecule has 0 aliphatic heterocycles. The summed E-state index contributed by atoms with van der Waals surface area (Å²) in [5.74, 6) is 0.177. The SMILES string of the molecule is COc1cc(/C=N\Nc2ccc(Cl)cc2)ccc1OC(F)F. The van der Waals surface area contributed by atoms with Crippen LogP contribution in [0.5, 0.6) is 11.5 Å². The largest absolute Gasteiger partial charge is 0.493 e. The Hall–Kier alpha value is -2.34. The molecule has 0 radical (unpaired) electrons. The van der Waals surface area contributed by atoms with E-state index in [-0.39, 0.29) is 11.5 Å². The minimum absolute atomic E-state index is 0.0275. The molecular formula is C15H13ClF2N2O2. The van der Waals surface area contributed by atoms with Crippen LogP contribution in [0.15, 0.2) is 47.6 Å². The smallest absolute Gasteiger partial charge is 0.387 e. The van der Waals surface area contributed by atoms with Gasteiger partial charge in [-0.05, 0) is 48.0 Å². The van der Waals surface area contributed by atoms with Crippen molar-refractivity contribution in [1.29, 1.82) is 0 Å². The zero-order valence-electron chi connectivity index (χ0n) is 11.6. The number of anilines is 1. The lowest BCUT2D eigenvalue weighted by atomic mass is 10.2. The zero-order valence-corrected chi connectivity index (χ0v) is 12.3. The molecule has 7 heteroatoms. The van der Waals surface area contributed by atoms with Gasteiger partial charge in [-0.3, -0.25) is 5.43 Å². The summed E-state index contributed by atoms with van der Waals surface area (Å²) in [7, 11) is 1.38. The Labute approximate surface area is 131 Å². The third-order valence-corrected chi connectivity index (χ3v) is 2.91. The van der Waals surface area contributed by atoms with Crippen molar-refractivity contribution >= 4 is 23.5 Å². The second kappa shape index (κ2) is 7.61. The lowest BCUT2D eigenvalue weighted by Gasteiger charge is -2.10. The maximum atomic E-state index is 12.2. The van der Waals surface area contributed by atoms with Gasteiger partial charge in [0.05, 0.1) is 19.0 Å². The molecule has 2 aromatic carbocycles. The van der Waals surface area contributed by atoms with Crippen molar-refractivity contribution in [2.24, 2.45) is 5.10 Å². The molecule has 0 amide bonds. The number of alkyl halides is 2. The van der Waals surface area contributed by atoms with E-state index in [9.17, 15) is 8.78 Å². The molecule has 1 N–H and O–H groups in total. The summed E-state index contributed by atoms with van der Waals surface area (Å²) in [6.45, 7) is -2.90. The van der Waals surface area contributed by atoms with Crippen molar-refractivity contribution < 1.29 is 18.3 Å². The summed E-state index contributed by atoms with van der Waals surface area (Å²) < 4.78 is 33.8. The van der Waals surface area contributed by atoms with Crippen molar-refractivity contribution in [3.05, 3.63) is 53.1 Å². The fourth-order valence-corrected chi connectivity index (χ4v) is 1.79. The summed E-state index contributed by atoms with van der Waals surface area (Å²) >= 11 is 5.78. The third-order valence-electron chi connectivity index (χ3n) is 2.66. The van der Waals surface area contributed by atoms with Crippen LogP contribution >= 0.6 is 11.6 Å². The normalized spacial score (nSPS) is 11.0. The van der Waals surface area contributed by atoms with Gasteiger partial charge >= 0.3 is 6.61 Å². The average Bonchev–Trinajstić information content (AvgIpc) is 2.50. The highest BCUT2D eigenvalue weighted by atomic mass is 35.5. The molecule has 0 aliphatic rings. The highest BCUT2D eigenvalue weighted by Gasteiger charge is 2.10. The van der Waals surface area contributed by atoms with Crippen LogP contribution in [0.2, 0.25) is 5.02 Å². The van der Waals surface area contributed by atoms with E-state index in [2.05, 4.69) is 15.3 Å². The molecule has 0 unspecified atom stereocenters. The summed E-state index contributed by atoms with van der Waals surface area (Å²) in [5, 5.41) is 4.68. The Balaban J connectivity index is 2.05. The van der Waals surface area contributed by atoms with Crippen LogP contribution in [-0.2, 0) is 0 Å². The fraction of sp³-hybridized carbons (Fsp3) is 0.133. The molecule has 4 nitrogen and oxygen atoms in total. The van der Waals surface area contributed by atoms with E-state index < -0.39 is 6.61 Å². The van der Waals surface area contributed by atoms with Gasteiger partial charge in [-0.25, -0.2) is 0 Å². The van der Waals surface area contributed by atoms with Crippen molar-refractivity contribution in [3.8, 4) is 11.5 Å². The molecule has 0 fully saturated rings. The first kappa shape index (κ1) is 16.0. The van der Waals surface area contributed by atoms with Crippen molar-refractivity contribution in [2.75, 3.05) is 12.5 Å². The van der Waals surface area contributed by atoms with E-state index in [1.807, 2.05) is 0 Å². The van der Waals surface area contributed by atoms with Crippen molar-refractivity contribution in [2.45, 2.75) is 6.61 Å². The highest BCUT2D eigenvalue weighted by Crippen LogP contribution is 2.28. The van der Waals surface area contributed by atoms with Crippen molar-refractivity contribution in [3.63, 3.8) is 0 Å². The number of hydrogen-bond acceptors (Lipinski definition) is 4. The number of hydrogen-bond donors (Lipinski definition) is 1. The summed E-state index contributed by atoms with van der Waals surface area (Å²) in [6, 6.07) is 11.6. The van der Waals surface area contributed by atoms with Crippen LogP contribution in [-0.4, -0.2) is 19.9 Å². The number of benzene rings is 2. The Morgan fingerprint density at radius 2 is 1.86 bits per heavy atom. The average molecular weight is 327 g/mol. The molecule has 22 heavy (non-hydrogen) atoms. The van der Waals surface area contributed by atoms with E-state index in [0.717, 1.165) is 5.69 Å². The van der Waals surface area contributed by atoms with Crippen LogP contribution in [0.25, 0.3) is 0 Å². The van der Waals surface area contributed by atoms with Crippen LogP contribution < -0.4 is 14.9 Å². The number of halogens is 3. The van der Waals surface area contributed by atoms with Gasteiger partial charge in [-0.2, -0.15) is 13.9 Å². The first-order valence-corrected chi connectivity index (χ1v) is 6.64. The van der Waals surface area contributed by atoms with Gasteiger partial charge in [0.25, 0.3) is 0 Å². The minimum atomic E-state index is -2.90. The number of nitrogens with one attached hydrogen (secondary N) is 1. The highest BCUT2D eigenvalue weighted by molar-refractivity contribution is 6.30. The van der Waals surface area contributed by atoms with Gasteiger partial charge in [0.1, 0.15) is 0 Å². The standard InChI is InChI=1S/C15H13ClF2N2O2/c1-21-14-8-10(2-7-13(14)22-15(17)18)9-19-20-12-5-3-11(16)4-6-12/h2-9,15,20H,1H3/b19-9-. The second-order valence-corrected chi connectivity index (χ2v) is 4.60. The van der Waals surface area contributed by atoms with Crippen molar-refractivity contribution in [1.82, 2.24) is 0 Å². The second-order valence-electron chi connectivity index (χ2n) is 4.17. The molecule has 0 saturated carbocycles. The molecule has 2 rings (SSSR count). The van der Waals surface area contributed by atoms with E-state index in [1.54, 1.807) is 36.4 Å².